The average Bonchev–Trinajstić information content (AvgIpc) is 3.01. The van der Waals surface area contributed by atoms with Gasteiger partial charge in [-0.1, -0.05) is 23.7 Å². The van der Waals surface area contributed by atoms with Crippen LogP contribution in [0.1, 0.15) is 27.6 Å². The van der Waals surface area contributed by atoms with Crippen molar-refractivity contribution in [1.29, 1.82) is 0 Å². The second-order valence-corrected chi connectivity index (χ2v) is 8.37. The number of amides is 1. The summed E-state index contributed by atoms with van der Waals surface area (Å²) in [6.07, 6.45) is 0. The zero-order valence-corrected chi connectivity index (χ0v) is 16.7. The van der Waals surface area contributed by atoms with Crippen LogP contribution >= 0.6 is 11.6 Å². The number of ether oxygens (including phenoxy) is 1. The highest BCUT2D eigenvalue weighted by atomic mass is 35.5. The fourth-order valence-corrected chi connectivity index (χ4v) is 4.71. The van der Waals surface area contributed by atoms with Gasteiger partial charge in [0.15, 0.2) is 0 Å². The summed E-state index contributed by atoms with van der Waals surface area (Å²) in [5.41, 5.74) is 1.21. The van der Waals surface area contributed by atoms with Gasteiger partial charge in [-0.2, -0.15) is 0 Å². The molecule has 3 aromatic rings. The van der Waals surface area contributed by atoms with Crippen molar-refractivity contribution in [2.24, 2.45) is 0 Å². The van der Waals surface area contributed by atoms with E-state index in [1.807, 2.05) is 0 Å². The summed E-state index contributed by atoms with van der Waals surface area (Å²) in [5, 5.41) is 3.85. The monoisotopic (exact) mass is 430 g/mol. The molecule has 0 fully saturated rings. The Labute approximate surface area is 171 Å². The minimum absolute atomic E-state index is 0.0160. The molecule has 0 bridgehead atoms. The summed E-state index contributed by atoms with van der Waals surface area (Å²) in [6, 6.07) is 12.1. The first kappa shape index (κ1) is 19.2. The van der Waals surface area contributed by atoms with E-state index in [4.69, 9.17) is 16.3 Å². The van der Waals surface area contributed by atoms with Gasteiger partial charge in [-0.15, -0.1) is 0 Å². The Morgan fingerprint density at radius 2 is 1.97 bits per heavy atom. The molecule has 1 aliphatic heterocycles. The van der Waals surface area contributed by atoms with E-state index in [0.717, 1.165) is 0 Å². The molecule has 1 heterocycles. The molecule has 0 radical (unpaired) electrons. The van der Waals surface area contributed by atoms with Gasteiger partial charge in [-0.25, -0.2) is 13.2 Å². The van der Waals surface area contributed by atoms with Crippen LogP contribution in [0.25, 0.3) is 10.8 Å². The minimum atomic E-state index is -4.02. The smallest absolute Gasteiger partial charge is 0.339 e. The lowest BCUT2D eigenvalue weighted by molar-refractivity contribution is 0.0526. The molecule has 0 unspecified atom stereocenters. The summed E-state index contributed by atoms with van der Waals surface area (Å²) < 4.78 is 33.5. The molecule has 0 atom stereocenters. The molecular formula is C20H15ClN2O5S. The number of hydrogen-bond acceptors (Lipinski definition) is 5. The van der Waals surface area contributed by atoms with Gasteiger partial charge in [0.05, 0.1) is 22.1 Å². The third-order valence-electron chi connectivity index (χ3n) is 4.50. The number of hydrogen-bond donors (Lipinski definition) is 2. The van der Waals surface area contributed by atoms with E-state index in [0.29, 0.717) is 22.0 Å². The SMILES string of the molecule is CCOC(=O)c1cc(NS(=O)(=O)c2ccc3c4c(cccc24)C(=O)N3)ccc1Cl. The third kappa shape index (κ3) is 3.30. The average molecular weight is 431 g/mol. The van der Waals surface area contributed by atoms with Crippen molar-refractivity contribution in [2.45, 2.75) is 11.8 Å². The fourth-order valence-electron chi connectivity index (χ4n) is 3.26. The van der Waals surface area contributed by atoms with Crippen molar-refractivity contribution < 1.29 is 22.7 Å². The van der Waals surface area contributed by atoms with Crippen LogP contribution in [0.15, 0.2) is 53.4 Å². The van der Waals surface area contributed by atoms with Crippen LogP contribution in [0.5, 0.6) is 0 Å². The molecule has 29 heavy (non-hydrogen) atoms. The second kappa shape index (κ2) is 7.06. The normalized spacial score (nSPS) is 12.7. The van der Waals surface area contributed by atoms with Crippen molar-refractivity contribution in [2.75, 3.05) is 16.6 Å². The van der Waals surface area contributed by atoms with E-state index in [1.165, 1.54) is 24.3 Å². The van der Waals surface area contributed by atoms with Gasteiger partial charge in [0.25, 0.3) is 15.9 Å². The van der Waals surface area contributed by atoms with E-state index < -0.39 is 16.0 Å². The van der Waals surface area contributed by atoms with E-state index in [-0.39, 0.29) is 33.7 Å². The molecule has 0 aromatic heterocycles. The number of carbonyl (C=O) groups is 2. The zero-order chi connectivity index (χ0) is 20.8. The number of anilines is 2. The molecule has 0 saturated heterocycles. The Morgan fingerprint density at radius 1 is 1.17 bits per heavy atom. The van der Waals surface area contributed by atoms with E-state index in [1.54, 1.807) is 31.2 Å². The highest BCUT2D eigenvalue weighted by Crippen LogP contribution is 2.37. The largest absolute Gasteiger partial charge is 0.462 e. The van der Waals surface area contributed by atoms with Gasteiger partial charge in [0.1, 0.15) is 0 Å². The van der Waals surface area contributed by atoms with Gasteiger partial charge in [0, 0.05) is 27.7 Å². The maximum absolute atomic E-state index is 13.1. The summed E-state index contributed by atoms with van der Waals surface area (Å²) in [6.45, 7) is 1.83. The van der Waals surface area contributed by atoms with Crippen LogP contribution in [0.3, 0.4) is 0 Å². The topological polar surface area (TPSA) is 102 Å². The highest BCUT2D eigenvalue weighted by molar-refractivity contribution is 7.93. The van der Waals surface area contributed by atoms with Crippen molar-refractivity contribution >= 4 is 55.6 Å². The van der Waals surface area contributed by atoms with E-state index in [2.05, 4.69) is 10.0 Å². The number of rotatable bonds is 5. The molecule has 1 amide bonds. The quantitative estimate of drug-likeness (QED) is 0.595. The predicted molar refractivity (Wildman–Crippen MR) is 110 cm³/mol. The number of halogens is 1. The van der Waals surface area contributed by atoms with Crippen LogP contribution < -0.4 is 10.0 Å². The molecule has 0 saturated carbocycles. The zero-order valence-electron chi connectivity index (χ0n) is 15.2. The van der Waals surface area contributed by atoms with E-state index >= 15 is 0 Å². The summed E-state index contributed by atoms with van der Waals surface area (Å²) in [4.78, 5) is 24.1. The molecule has 2 N–H and O–H groups in total. The minimum Gasteiger partial charge on any atom is -0.462 e. The van der Waals surface area contributed by atoms with Crippen LogP contribution in [-0.4, -0.2) is 26.9 Å². The standard InChI is InChI=1S/C20H15ClN2O5S/c1-2-28-20(25)14-10-11(6-7-15(14)21)23-29(26,27)17-9-8-16-18-12(17)4-3-5-13(18)19(24)22-16/h3-10,23H,2H2,1H3,(H,22,24). The molecule has 7 nitrogen and oxygen atoms in total. The first-order chi connectivity index (χ1) is 13.8. The number of nitrogens with one attached hydrogen (secondary N) is 2. The first-order valence-electron chi connectivity index (χ1n) is 8.68. The molecule has 4 rings (SSSR count). The lowest BCUT2D eigenvalue weighted by Gasteiger charge is -2.13. The van der Waals surface area contributed by atoms with Gasteiger partial charge in [0.2, 0.25) is 0 Å². The summed E-state index contributed by atoms with van der Waals surface area (Å²) in [7, 11) is -4.02. The number of benzene rings is 3. The number of sulfonamides is 1. The lowest BCUT2D eigenvalue weighted by atomic mass is 10.1. The molecule has 1 aliphatic rings. The molecular weight excluding hydrogens is 416 g/mol. The summed E-state index contributed by atoms with van der Waals surface area (Å²) in [5.74, 6) is -0.918. The van der Waals surface area contributed by atoms with E-state index in [9.17, 15) is 18.0 Å². The van der Waals surface area contributed by atoms with Crippen molar-refractivity contribution in [3.63, 3.8) is 0 Å². The highest BCUT2D eigenvalue weighted by Gasteiger charge is 2.26. The maximum atomic E-state index is 13.1. The van der Waals surface area contributed by atoms with Gasteiger partial charge in [-0.05, 0) is 43.3 Å². The number of carbonyl (C=O) groups excluding carboxylic acids is 2. The molecule has 9 heteroatoms. The van der Waals surface area contributed by atoms with Crippen LogP contribution in [0.2, 0.25) is 5.02 Å². The van der Waals surface area contributed by atoms with Crippen molar-refractivity contribution in [1.82, 2.24) is 0 Å². The second-order valence-electron chi connectivity index (χ2n) is 6.31. The molecule has 0 aliphatic carbocycles. The maximum Gasteiger partial charge on any atom is 0.339 e. The predicted octanol–water partition coefficient (Wildman–Crippen LogP) is 4.04. The fraction of sp³-hybridized carbons (Fsp3) is 0.100. The molecule has 3 aromatic carbocycles. The first-order valence-corrected chi connectivity index (χ1v) is 10.5. The Bertz CT molecular complexity index is 1290. The third-order valence-corrected chi connectivity index (χ3v) is 6.27. The van der Waals surface area contributed by atoms with Crippen LogP contribution in [0.4, 0.5) is 11.4 Å². The van der Waals surface area contributed by atoms with Crippen molar-refractivity contribution in [3.8, 4) is 0 Å². The van der Waals surface area contributed by atoms with Crippen LogP contribution in [0, 0.1) is 0 Å². The van der Waals surface area contributed by atoms with Gasteiger partial charge >= 0.3 is 5.97 Å². The Kier molecular flexibility index (Phi) is 4.68. The van der Waals surface area contributed by atoms with Gasteiger partial charge in [-0.3, -0.25) is 9.52 Å². The lowest BCUT2D eigenvalue weighted by Crippen LogP contribution is -2.14. The van der Waals surface area contributed by atoms with Gasteiger partial charge < -0.3 is 10.1 Å². The Hall–Kier alpha value is -3.10. The molecule has 148 valence electrons. The van der Waals surface area contributed by atoms with Crippen molar-refractivity contribution in [3.05, 3.63) is 64.7 Å². The van der Waals surface area contributed by atoms with Crippen LogP contribution in [-0.2, 0) is 14.8 Å². The number of esters is 1. The molecule has 0 spiro atoms. The Morgan fingerprint density at radius 3 is 2.72 bits per heavy atom. The Balaban J connectivity index is 1.77. The summed E-state index contributed by atoms with van der Waals surface area (Å²) >= 11 is 6.03.